The highest BCUT2D eigenvalue weighted by molar-refractivity contribution is 5.76. The van der Waals surface area contributed by atoms with Gasteiger partial charge in [-0.1, -0.05) is 0 Å². The molecule has 0 aliphatic heterocycles. The van der Waals surface area contributed by atoms with Crippen LogP contribution in [0.25, 0.3) is 0 Å². The van der Waals surface area contributed by atoms with Crippen LogP contribution in [-0.2, 0) is 9.53 Å². The van der Waals surface area contributed by atoms with Crippen molar-refractivity contribution in [3.05, 3.63) is 0 Å². The predicted molar refractivity (Wildman–Crippen MR) is 58.6 cm³/mol. The van der Waals surface area contributed by atoms with Crippen molar-refractivity contribution < 1.29 is 14.6 Å². The minimum atomic E-state index is -0.469. The topological polar surface area (TPSA) is 70.6 Å². The summed E-state index contributed by atoms with van der Waals surface area (Å²) in [4.78, 5) is 11.6. The number of nitrogens with one attached hydrogen (secondary N) is 2. The summed E-state index contributed by atoms with van der Waals surface area (Å²) in [6.45, 7) is 6.48. The first kappa shape index (κ1) is 14.3. The van der Waals surface area contributed by atoms with Crippen LogP contribution in [0, 0.1) is 0 Å². The fourth-order valence-electron chi connectivity index (χ4n) is 1.00. The SMILES string of the molecule is CNC(CNCCO)C(=O)OC(C)(C)C. The Kier molecular flexibility index (Phi) is 6.47. The number of hydrogen-bond acceptors (Lipinski definition) is 5. The van der Waals surface area contributed by atoms with Gasteiger partial charge in [0.25, 0.3) is 0 Å². The van der Waals surface area contributed by atoms with E-state index in [0.717, 1.165) is 0 Å². The van der Waals surface area contributed by atoms with Gasteiger partial charge in [-0.2, -0.15) is 0 Å². The van der Waals surface area contributed by atoms with Crippen LogP contribution in [0.1, 0.15) is 20.8 Å². The number of carbonyl (C=O) groups excluding carboxylic acids is 1. The summed E-state index contributed by atoms with van der Waals surface area (Å²) < 4.78 is 5.22. The minimum Gasteiger partial charge on any atom is -0.459 e. The molecule has 0 rings (SSSR count). The van der Waals surface area contributed by atoms with E-state index in [4.69, 9.17) is 9.84 Å². The molecule has 0 saturated heterocycles. The molecular formula is C10H22N2O3. The molecule has 90 valence electrons. The first-order valence-electron chi connectivity index (χ1n) is 5.12. The summed E-state index contributed by atoms with van der Waals surface area (Å²) in [6, 6.07) is -0.379. The Bertz CT molecular complexity index is 190. The molecule has 0 aromatic heterocycles. The van der Waals surface area contributed by atoms with E-state index in [9.17, 15) is 4.79 Å². The predicted octanol–water partition coefficient (Wildman–Crippen LogP) is -0.502. The zero-order valence-corrected chi connectivity index (χ0v) is 9.96. The maximum atomic E-state index is 11.6. The van der Waals surface area contributed by atoms with E-state index in [-0.39, 0.29) is 18.6 Å². The molecule has 0 aromatic rings. The molecule has 15 heavy (non-hydrogen) atoms. The lowest BCUT2D eigenvalue weighted by molar-refractivity contribution is -0.157. The first-order chi connectivity index (χ1) is 6.90. The summed E-state index contributed by atoms with van der Waals surface area (Å²) in [5.74, 6) is -0.282. The second-order valence-corrected chi connectivity index (χ2v) is 4.30. The Morgan fingerprint density at radius 3 is 2.47 bits per heavy atom. The highest BCUT2D eigenvalue weighted by Crippen LogP contribution is 2.07. The Hall–Kier alpha value is -0.650. The lowest BCUT2D eigenvalue weighted by Crippen LogP contribution is -2.46. The maximum Gasteiger partial charge on any atom is 0.324 e. The molecular weight excluding hydrogens is 196 g/mol. The van der Waals surface area contributed by atoms with Crippen LogP contribution >= 0.6 is 0 Å². The van der Waals surface area contributed by atoms with Crippen LogP contribution in [0.4, 0.5) is 0 Å². The standard InChI is InChI=1S/C10H22N2O3/c1-10(2,3)15-9(14)8(11-4)7-12-5-6-13/h8,11-13H,5-7H2,1-4H3. The third kappa shape index (κ3) is 7.30. The van der Waals surface area contributed by atoms with Gasteiger partial charge in [0.15, 0.2) is 0 Å². The van der Waals surface area contributed by atoms with Gasteiger partial charge in [0.1, 0.15) is 11.6 Å². The smallest absolute Gasteiger partial charge is 0.324 e. The zero-order valence-electron chi connectivity index (χ0n) is 9.96. The number of aliphatic hydroxyl groups excluding tert-OH is 1. The van der Waals surface area contributed by atoms with Gasteiger partial charge in [-0.15, -0.1) is 0 Å². The fraction of sp³-hybridized carbons (Fsp3) is 0.900. The summed E-state index contributed by atoms with van der Waals surface area (Å²) in [5.41, 5.74) is -0.469. The van der Waals surface area contributed by atoms with Crippen LogP contribution in [0.5, 0.6) is 0 Å². The molecule has 0 heterocycles. The van der Waals surface area contributed by atoms with Gasteiger partial charge in [0, 0.05) is 13.1 Å². The molecule has 1 unspecified atom stereocenters. The van der Waals surface area contributed by atoms with Crippen LogP contribution in [0.3, 0.4) is 0 Å². The number of aliphatic hydroxyl groups is 1. The van der Waals surface area contributed by atoms with Crippen molar-refractivity contribution in [3.63, 3.8) is 0 Å². The van der Waals surface area contributed by atoms with Crippen molar-refractivity contribution in [2.24, 2.45) is 0 Å². The van der Waals surface area contributed by atoms with Gasteiger partial charge >= 0.3 is 5.97 Å². The van der Waals surface area contributed by atoms with E-state index in [0.29, 0.717) is 13.1 Å². The quantitative estimate of drug-likeness (QED) is 0.414. The number of rotatable bonds is 6. The monoisotopic (exact) mass is 218 g/mol. The van der Waals surface area contributed by atoms with Gasteiger partial charge in [-0.25, -0.2) is 0 Å². The molecule has 1 atom stereocenters. The zero-order chi connectivity index (χ0) is 11.9. The Balaban J connectivity index is 3.99. The number of likely N-dealkylation sites (N-methyl/N-ethyl adjacent to an activating group) is 1. The molecule has 0 aromatic carbocycles. The molecule has 5 nitrogen and oxygen atoms in total. The van der Waals surface area contributed by atoms with E-state index >= 15 is 0 Å². The van der Waals surface area contributed by atoms with Gasteiger partial charge in [-0.05, 0) is 27.8 Å². The highest BCUT2D eigenvalue weighted by atomic mass is 16.6. The lowest BCUT2D eigenvalue weighted by Gasteiger charge is -2.23. The van der Waals surface area contributed by atoms with Crippen LogP contribution < -0.4 is 10.6 Å². The number of hydrogen-bond donors (Lipinski definition) is 3. The minimum absolute atomic E-state index is 0.0603. The van der Waals surface area contributed by atoms with Crippen LogP contribution in [-0.4, -0.2) is 49.5 Å². The molecule has 0 fully saturated rings. The van der Waals surface area contributed by atoms with Gasteiger partial charge < -0.3 is 20.5 Å². The summed E-state index contributed by atoms with van der Waals surface area (Å²) in [6.07, 6.45) is 0. The Morgan fingerprint density at radius 2 is 2.07 bits per heavy atom. The summed E-state index contributed by atoms with van der Waals surface area (Å²) in [5, 5.41) is 14.4. The molecule has 0 saturated carbocycles. The van der Waals surface area contributed by atoms with E-state index in [2.05, 4.69) is 10.6 Å². The van der Waals surface area contributed by atoms with Crippen LogP contribution in [0.15, 0.2) is 0 Å². The molecule has 0 aliphatic rings. The average molecular weight is 218 g/mol. The second kappa shape index (κ2) is 6.76. The molecule has 0 spiro atoms. The van der Waals surface area contributed by atoms with Crippen molar-refractivity contribution >= 4 is 5.97 Å². The molecule has 0 amide bonds. The van der Waals surface area contributed by atoms with Crippen molar-refractivity contribution in [1.29, 1.82) is 0 Å². The number of carbonyl (C=O) groups is 1. The van der Waals surface area contributed by atoms with Gasteiger partial charge in [-0.3, -0.25) is 4.79 Å². The number of ether oxygens (including phenoxy) is 1. The normalized spacial score (nSPS) is 13.7. The summed E-state index contributed by atoms with van der Waals surface area (Å²) >= 11 is 0. The van der Waals surface area contributed by atoms with Crippen LogP contribution in [0.2, 0.25) is 0 Å². The number of esters is 1. The second-order valence-electron chi connectivity index (χ2n) is 4.30. The summed E-state index contributed by atoms with van der Waals surface area (Å²) in [7, 11) is 1.70. The van der Waals surface area contributed by atoms with Crippen molar-refractivity contribution in [2.75, 3.05) is 26.7 Å². The molecule has 5 heteroatoms. The lowest BCUT2D eigenvalue weighted by atomic mass is 10.2. The Morgan fingerprint density at radius 1 is 1.47 bits per heavy atom. The maximum absolute atomic E-state index is 11.6. The van der Waals surface area contributed by atoms with Gasteiger partial charge in [0.05, 0.1) is 6.61 Å². The van der Waals surface area contributed by atoms with Gasteiger partial charge in [0.2, 0.25) is 0 Å². The Labute approximate surface area is 91.2 Å². The van der Waals surface area contributed by atoms with Crippen molar-refractivity contribution in [2.45, 2.75) is 32.4 Å². The van der Waals surface area contributed by atoms with E-state index in [1.807, 2.05) is 20.8 Å². The first-order valence-corrected chi connectivity index (χ1v) is 5.12. The molecule has 3 N–H and O–H groups in total. The van der Waals surface area contributed by atoms with E-state index < -0.39 is 5.60 Å². The third-order valence-electron chi connectivity index (χ3n) is 1.68. The molecule has 0 radical (unpaired) electrons. The van der Waals surface area contributed by atoms with Crippen molar-refractivity contribution in [3.8, 4) is 0 Å². The van der Waals surface area contributed by atoms with E-state index in [1.165, 1.54) is 0 Å². The molecule has 0 aliphatic carbocycles. The average Bonchev–Trinajstić information content (AvgIpc) is 2.09. The molecule has 0 bridgehead atoms. The third-order valence-corrected chi connectivity index (χ3v) is 1.68. The van der Waals surface area contributed by atoms with E-state index in [1.54, 1.807) is 7.05 Å². The highest BCUT2D eigenvalue weighted by Gasteiger charge is 2.23. The largest absolute Gasteiger partial charge is 0.459 e. The fourth-order valence-corrected chi connectivity index (χ4v) is 1.00. The van der Waals surface area contributed by atoms with Crippen molar-refractivity contribution in [1.82, 2.24) is 10.6 Å².